The summed E-state index contributed by atoms with van der Waals surface area (Å²) in [5.74, 6) is 0. The van der Waals surface area contributed by atoms with E-state index in [1.165, 1.54) is 25.7 Å². The largest absolute Gasteiger partial charge is 0.291 e. The second-order valence-electron chi connectivity index (χ2n) is 4.75. The van der Waals surface area contributed by atoms with Gasteiger partial charge in [0.25, 0.3) is 0 Å². The van der Waals surface area contributed by atoms with Gasteiger partial charge in [-0.3, -0.25) is 4.90 Å². The van der Waals surface area contributed by atoms with Crippen LogP contribution in [0.15, 0.2) is 25.3 Å². The lowest BCUT2D eigenvalue weighted by molar-refractivity contribution is 0.139. The molecule has 1 heteroatoms. The minimum atomic E-state index is 0.261. The summed E-state index contributed by atoms with van der Waals surface area (Å²) in [5, 5.41) is 0. The molecule has 15 heavy (non-hydrogen) atoms. The molecule has 0 spiro atoms. The lowest BCUT2D eigenvalue weighted by Gasteiger charge is -2.37. The first-order valence-electron chi connectivity index (χ1n) is 6.05. The standard InChI is InChI=1S/C14H27N/c1-6-9-10-11-14(4,5)15(12-7-2)13-8-3/h7-8H,2-3,6,9-13H2,1,4-5H3. The Hall–Kier alpha value is -0.560. The first-order valence-corrected chi connectivity index (χ1v) is 6.05. The van der Waals surface area contributed by atoms with E-state index < -0.39 is 0 Å². The Kier molecular flexibility index (Phi) is 7.41. The van der Waals surface area contributed by atoms with Gasteiger partial charge in [-0.05, 0) is 20.3 Å². The third-order valence-electron chi connectivity index (χ3n) is 2.95. The summed E-state index contributed by atoms with van der Waals surface area (Å²) in [4.78, 5) is 2.43. The predicted octanol–water partition coefficient (Wildman–Crippen LogP) is 4.02. The number of hydrogen-bond acceptors (Lipinski definition) is 1. The highest BCUT2D eigenvalue weighted by Crippen LogP contribution is 2.21. The van der Waals surface area contributed by atoms with E-state index in [1.54, 1.807) is 0 Å². The van der Waals surface area contributed by atoms with E-state index >= 15 is 0 Å². The van der Waals surface area contributed by atoms with Crippen LogP contribution in [0.2, 0.25) is 0 Å². The van der Waals surface area contributed by atoms with Crippen LogP contribution in [-0.2, 0) is 0 Å². The molecule has 0 unspecified atom stereocenters. The Morgan fingerprint density at radius 3 is 2.00 bits per heavy atom. The Morgan fingerprint density at radius 2 is 1.60 bits per heavy atom. The van der Waals surface area contributed by atoms with Gasteiger partial charge in [0.2, 0.25) is 0 Å². The molecule has 0 aromatic carbocycles. The van der Waals surface area contributed by atoms with E-state index in [0.717, 1.165) is 13.1 Å². The molecule has 0 rings (SSSR count). The van der Waals surface area contributed by atoms with Gasteiger partial charge in [-0.25, -0.2) is 0 Å². The van der Waals surface area contributed by atoms with Gasteiger partial charge < -0.3 is 0 Å². The maximum atomic E-state index is 3.82. The van der Waals surface area contributed by atoms with Crippen molar-refractivity contribution >= 4 is 0 Å². The van der Waals surface area contributed by atoms with Gasteiger partial charge in [-0.1, -0.05) is 38.3 Å². The van der Waals surface area contributed by atoms with Gasteiger partial charge >= 0.3 is 0 Å². The van der Waals surface area contributed by atoms with Gasteiger partial charge in [-0.2, -0.15) is 0 Å². The van der Waals surface area contributed by atoms with Crippen LogP contribution < -0.4 is 0 Å². The zero-order chi connectivity index (χ0) is 11.7. The van der Waals surface area contributed by atoms with Gasteiger partial charge in [0.05, 0.1) is 0 Å². The number of hydrogen-bond donors (Lipinski definition) is 0. The highest BCUT2D eigenvalue weighted by molar-refractivity contribution is 4.89. The summed E-state index contributed by atoms with van der Waals surface area (Å²) in [6, 6.07) is 0. The van der Waals surface area contributed by atoms with Gasteiger partial charge in [-0.15, -0.1) is 13.2 Å². The van der Waals surface area contributed by atoms with E-state index in [-0.39, 0.29) is 5.54 Å². The normalized spacial score (nSPS) is 11.7. The monoisotopic (exact) mass is 209 g/mol. The first-order chi connectivity index (χ1) is 7.08. The van der Waals surface area contributed by atoms with Crippen molar-refractivity contribution < 1.29 is 0 Å². The highest BCUT2D eigenvalue weighted by atomic mass is 15.2. The summed E-state index contributed by atoms with van der Waals surface area (Å²) in [6.45, 7) is 16.4. The van der Waals surface area contributed by atoms with Crippen molar-refractivity contribution in [2.75, 3.05) is 13.1 Å². The molecule has 0 heterocycles. The Labute approximate surface area is 95.9 Å². The zero-order valence-corrected chi connectivity index (χ0v) is 10.8. The van der Waals surface area contributed by atoms with Crippen LogP contribution in [0, 0.1) is 0 Å². The maximum absolute atomic E-state index is 3.82. The second-order valence-corrected chi connectivity index (χ2v) is 4.75. The summed E-state index contributed by atoms with van der Waals surface area (Å²) in [7, 11) is 0. The molecule has 0 N–H and O–H groups in total. The number of rotatable bonds is 9. The lowest BCUT2D eigenvalue weighted by Crippen LogP contribution is -2.44. The minimum Gasteiger partial charge on any atom is -0.291 e. The van der Waals surface area contributed by atoms with Crippen LogP contribution in [-0.4, -0.2) is 23.5 Å². The molecule has 0 aromatic heterocycles. The highest BCUT2D eigenvalue weighted by Gasteiger charge is 2.23. The SMILES string of the molecule is C=CCN(CC=C)C(C)(C)CCCCC. The van der Waals surface area contributed by atoms with Gasteiger partial charge in [0.1, 0.15) is 0 Å². The Bertz CT molecular complexity index is 172. The molecule has 0 amide bonds. The van der Waals surface area contributed by atoms with Crippen molar-refractivity contribution in [1.82, 2.24) is 4.90 Å². The summed E-state index contributed by atoms with van der Waals surface area (Å²) in [5.41, 5.74) is 0.261. The summed E-state index contributed by atoms with van der Waals surface area (Å²) >= 11 is 0. The fraction of sp³-hybridized carbons (Fsp3) is 0.714. The molecule has 0 aliphatic heterocycles. The van der Waals surface area contributed by atoms with Crippen LogP contribution in [0.5, 0.6) is 0 Å². The summed E-state index contributed by atoms with van der Waals surface area (Å²) in [6.07, 6.45) is 9.14. The van der Waals surface area contributed by atoms with Gasteiger partial charge in [0, 0.05) is 18.6 Å². The van der Waals surface area contributed by atoms with Crippen LogP contribution in [0.4, 0.5) is 0 Å². The molecule has 0 aliphatic carbocycles. The molecule has 0 saturated heterocycles. The third-order valence-corrected chi connectivity index (χ3v) is 2.95. The Balaban J connectivity index is 4.19. The van der Waals surface area contributed by atoms with Crippen molar-refractivity contribution in [3.63, 3.8) is 0 Å². The predicted molar refractivity (Wildman–Crippen MR) is 70.2 cm³/mol. The van der Waals surface area contributed by atoms with Crippen LogP contribution in [0.1, 0.15) is 46.5 Å². The lowest BCUT2D eigenvalue weighted by atomic mass is 9.94. The molecule has 0 atom stereocenters. The van der Waals surface area contributed by atoms with Crippen LogP contribution in [0.3, 0.4) is 0 Å². The first kappa shape index (κ1) is 14.4. The third kappa shape index (κ3) is 5.78. The number of unbranched alkanes of at least 4 members (excludes halogenated alkanes) is 2. The van der Waals surface area contributed by atoms with E-state index in [4.69, 9.17) is 0 Å². The van der Waals surface area contributed by atoms with Crippen molar-refractivity contribution in [2.45, 2.75) is 52.0 Å². The van der Waals surface area contributed by atoms with Crippen LogP contribution in [0.25, 0.3) is 0 Å². The van der Waals surface area contributed by atoms with Crippen molar-refractivity contribution in [3.8, 4) is 0 Å². The van der Waals surface area contributed by atoms with E-state index in [1.807, 2.05) is 12.2 Å². The fourth-order valence-electron chi connectivity index (χ4n) is 1.85. The van der Waals surface area contributed by atoms with Crippen molar-refractivity contribution in [3.05, 3.63) is 25.3 Å². The van der Waals surface area contributed by atoms with Gasteiger partial charge in [0.15, 0.2) is 0 Å². The van der Waals surface area contributed by atoms with E-state index in [9.17, 15) is 0 Å². The molecule has 1 nitrogen and oxygen atoms in total. The molecular formula is C14H27N. The smallest absolute Gasteiger partial charge is 0.0169 e. The minimum absolute atomic E-state index is 0.261. The molecule has 88 valence electrons. The molecule has 0 aromatic rings. The summed E-state index contributed by atoms with van der Waals surface area (Å²) < 4.78 is 0. The number of nitrogens with zero attached hydrogens (tertiary/aromatic N) is 1. The molecular weight excluding hydrogens is 182 g/mol. The fourth-order valence-corrected chi connectivity index (χ4v) is 1.85. The molecule has 0 bridgehead atoms. The topological polar surface area (TPSA) is 3.24 Å². The molecule has 0 saturated carbocycles. The molecule has 0 fully saturated rings. The van der Waals surface area contributed by atoms with Crippen LogP contribution >= 0.6 is 0 Å². The second kappa shape index (κ2) is 7.70. The quantitative estimate of drug-likeness (QED) is 0.409. The van der Waals surface area contributed by atoms with E-state index in [0.29, 0.717) is 0 Å². The average Bonchev–Trinajstić information content (AvgIpc) is 2.18. The zero-order valence-electron chi connectivity index (χ0n) is 10.8. The Morgan fingerprint density at radius 1 is 1.07 bits per heavy atom. The van der Waals surface area contributed by atoms with E-state index in [2.05, 4.69) is 38.8 Å². The maximum Gasteiger partial charge on any atom is 0.0169 e. The average molecular weight is 209 g/mol. The molecule has 0 aliphatic rings. The van der Waals surface area contributed by atoms with Crippen molar-refractivity contribution in [2.24, 2.45) is 0 Å². The van der Waals surface area contributed by atoms with Crippen molar-refractivity contribution in [1.29, 1.82) is 0 Å². The molecule has 0 radical (unpaired) electrons.